The van der Waals surface area contributed by atoms with Gasteiger partial charge in [-0.3, -0.25) is 19.4 Å². The van der Waals surface area contributed by atoms with Crippen LogP contribution in [-0.4, -0.2) is 41.0 Å². The fourth-order valence-corrected chi connectivity index (χ4v) is 4.20. The number of carbonyl (C=O) groups is 2. The van der Waals surface area contributed by atoms with Crippen LogP contribution in [0.2, 0.25) is 0 Å². The van der Waals surface area contributed by atoms with Gasteiger partial charge in [-0.05, 0) is 45.2 Å². The number of para-hydroxylation sites is 2. The second-order valence-corrected chi connectivity index (χ2v) is 7.91. The topological polar surface area (TPSA) is 116 Å². The molecule has 0 aliphatic carbocycles. The Hall–Kier alpha value is -3.36. The zero-order valence-corrected chi connectivity index (χ0v) is 17.7. The van der Waals surface area contributed by atoms with Crippen LogP contribution in [0, 0.1) is 0 Å². The van der Waals surface area contributed by atoms with Crippen LogP contribution in [0.15, 0.2) is 29.1 Å². The van der Waals surface area contributed by atoms with Gasteiger partial charge in [-0.2, -0.15) is 4.98 Å². The third-order valence-electron chi connectivity index (χ3n) is 5.77. The molecule has 31 heavy (non-hydrogen) atoms. The number of carbonyl (C=O) groups excluding carboxylic acids is 2. The maximum atomic E-state index is 13.1. The number of anilines is 3. The predicted octanol–water partition coefficient (Wildman–Crippen LogP) is 2.61. The molecule has 3 heterocycles. The number of ether oxygens (including phenoxy) is 1. The van der Waals surface area contributed by atoms with Crippen LogP contribution < -0.4 is 25.8 Å². The summed E-state index contributed by atoms with van der Waals surface area (Å²) in [5.74, 6) is -0.621. The molecule has 1 saturated heterocycles. The first-order chi connectivity index (χ1) is 15.0. The molecule has 0 bridgehead atoms. The molecule has 2 aliphatic rings. The molecule has 1 aromatic heterocycles. The molecule has 4 rings (SSSR count). The van der Waals surface area contributed by atoms with E-state index in [1.54, 1.807) is 18.2 Å². The summed E-state index contributed by atoms with van der Waals surface area (Å²) in [5.41, 5.74) is 0.264. The van der Waals surface area contributed by atoms with Crippen molar-refractivity contribution in [2.24, 2.45) is 0 Å². The number of fused-ring (bicyclic) bond motifs is 1. The number of piperidine rings is 1. The molecule has 9 heteroatoms. The van der Waals surface area contributed by atoms with E-state index in [-0.39, 0.29) is 29.8 Å². The molecule has 0 unspecified atom stereocenters. The molecule has 9 nitrogen and oxygen atoms in total. The molecule has 0 spiro atoms. The number of hydrogen-bond acceptors (Lipinski definition) is 6. The lowest BCUT2D eigenvalue weighted by molar-refractivity contribution is -0.123. The van der Waals surface area contributed by atoms with Gasteiger partial charge >= 0.3 is 0 Å². The van der Waals surface area contributed by atoms with Crippen molar-refractivity contribution < 1.29 is 14.3 Å². The van der Waals surface area contributed by atoms with Gasteiger partial charge in [0.05, 0.1) is 23.8 Å². The summed E-state index contributed by atoms with van der Waals surface area (Å²) < 4.78 is 5.55. The highest BCUT2D eigenvalue weighted by atomic mass is 16.5. The Bertz CT molecular complexity index is 1050. The van der Waals surface area contributed by atoms with E-state index < -0.39 is 17.4 Å². The number of nitrogens with zero attached hydrogens (tertiary/aromatic N) is 2. The van der Waals surface area contributed by atoms with E-state index in [0.717, 1.165) is 25.8 Å². The highest BCUT2D eigenvalue weighted by Crippen LogP contribution is 2.32. The number of H-pyrrole nitrogens is 1. The van der Waals surface area contributed by atoms with E-state index in [9.17, 15) is 14.4 Å². The molecular formula is C22H27N5O4. The van der Waals surface area contributed by atoms with Crippen LogP contribution >= 0.6 is 0 Å². The van der Waals surface area contributed by atoms with Gasteiger partial charge in [-0.25, -0.2) is 0 Å². The molecule has 0 saturated carbocycles. The number of hydrogen-bond donors (Lipinski definition) is 3. The van der Waals surface area contributed by atoms with Crippen LogP contribution in [0.3, 0.4) is 0 Å². The van der Waals surface area contributed by atoms with Gasteiger partial charge in [-0.1, -0.05) is 12.1 Å². The fourth-order valence-electron chi connectivity index (χ4n) is 4.20. The first kappa shape index (κ1) is 20.9. The summed E-state index contributed by atoms with van der Waals surface area (Å²) in [5, 5.41) is 5.48. The third-order valence-corrected chi connectivity index (χ3v) is 5.77. The van der Waals surface area contributed by atoms with Gasteiger partial charge in [0.2, 0.25) is 17.8 Å². The maximum absolute atomic E-state index is 13.1. The molecule has 0 radical (unpaired) electrons. The lowest BCUT2D eigenvalue weighted by atomic mass is 9.92. The summed E-state index contributed by atoms with van der Waals surface area (Å²) >= 11 is 0. The minimum Gasteiger partial charge on any atom is -0.492 e. The zero-order valence-electron chi connectivity index (χ0n) is 17.7. The summed E-state index contributed by atoms with van der Waals surface area (Å²) in [6, 6.07) is 7.29. The SMILES string of the molecule is CCOc1ccccc1NC(=O)[C@@H]1CC(=O)Nc2nc(N3CCCC[C@@H]3C)[nH]c(=O)c21. The molecule has 1 aromatic carbocycles. The van der Waals surface area contributed by atoms with Gasteiger partial charge in [-0.15, -0.1) is 0 Å². The number of nitrogens with one attached hydrogen (secondary N) is 3. The van der Waals surface area contributed by atoms with Crippen molar-refractivity contribution in [2.75, 3.05) is 28.7 Å². The molecule has 2 aromatic rings. The lowest BCUT2D eigenvalue weighted by Gasteiger charge is -2.34. The Morgan fingerprint density at radius 1 is 1.29 bits per heavy atom. The van der Waals surface area contributed by atoms with Gasteiger partial charge < -0.3 is 20.3 Å². The summed E-state index contributed by atoms with van der Waals surface area (Å²) in [6.45, 7) is 5.17. The Kier molecular flexibility index (Phi) is 5.92. The predicted molar refractivity (Wildman–Crippen MR) is 118 cm³/mol. The van der Waals surface area contributed by atoms with E-state index in [0.29, 0.717) is 24.0 Å². The minimum absolute atomic E-state index is 0.125. The van der Waals surface area contributed by atoms with Crippen molar-refractivity contribution in [1.29, 1.82) is 0 Å². The minimum atomic E-state index is -0.942. The van der Waals surface area contributed by atoms with Gasteiger partial charge in [0.1, 0.15) is 11.6 Å². The van der Waals surface area contributed by atoms with Crippen LogP contribution in [0.25, 0.3) is 0 Å². The second kappa shape index (κ2) is 8.79. The fraction of sp³-hybridized carbons (Fsp3) is 0.455. The first-order valence-corrected chi connectivity index (χ1v) is 10.7. The number of amides is 2. The van der Waals surface area contributed by atoms with Crippen molar-refractivity contribution >= 4 is 29.3 Å². The average molecular weight is 425 g/mol. The molecule has 2 aliphatic heterocycles. The largest absolute Gasteiger partial charge is 0.492 e. The van der Waals surface area contributed by atoms with E-state index in [4.69, 9.17) is 4.74 Å². The van der Waals surface area contributed by atoms with Crippen molar-refractivity contribution in [3.8, 4) is 5.75 Å². The Morgan fingerprint density at radius 2 is 2.10 bits per heavy atom. The highest BCUT2D eigenvalue weighted by molar-refractivity contribution is 6.05. The standard InChI is InChI=1S/C22H27N5O4/c1-3-31-16-10-5-4-9-15(16)23-20(29)14-12-17(28)24-19-18(14)21(30)26-22(25-19)27-11-7-6-8-13(27)2/h4-5,9-10,13-14H,3,6-8,11-12H2,1-2H3,(H,23,29)(H2,24,25,26,28,30)/t13-,14+/m0/s1. The summed E-state index contributed by atoms with van der Waals surface area (Å²) in [7, 11) is 0. The Balaban J connectivity index is 1.65. The highest BCUT2D eigenvalue weighted by Gasteiger charge is 2.36. The van der Waals surface area contributed by atoms with E-state index >= 15 is 0 Å². The van der Waals surface area contributed by atoms with Crippen LogP contribution in [0.4, 0.5) is 17.5 Å². The van der Waals surface area contributed by atoms with Crippen LogP contribution in [0.1, 0.15) is 51.0 Å². The molecule has 3 N–H and O–H groups in total. The lowest BCUT2D eigenvalue weighted by Crippen LogP contribution is -2.42. The first-order valence-electron chi connectivity index (χ1n) is 10.7. The van der Waals surface area contributed by atoms with E-state index in [1.165, 1.54) is 0 Å². The van der Waals surface area contributed by atoms with Crippen molar-refractivity contribution in [3.63, 3.8) is 0 Å². The third kappa shape index (κ3) is 4.26. The van der Waals surface area contributed by atoms with Gasteiger partial charge in [0, 0.05) is 19.0 Å². The summed E-state index contributed by atoms with van der Waals surface area (Å²) in [6.07, 6.45) is 3.04. The van der Waals surface area contributed by atoms with Crippen molar-refractivity contribution in [2.45, 2.75) is 51.5 Å². The van der Waals surface area contributed by atoms with Gasteiger partial charge in [0.15, 0.2) is 0 Å². The monoisotopic (exact) mass is 425 g/mol. The van der Waals surface area contributed by atoms with Crippen molar-refractivity contribution in [3.05, 3.63) is 40.2 Å². The zero-order chi connectivity index (χ0) is 22.0. The maximum Gasteiger partial charge on any atom is 0.258 e. The van der Waals surface area contributed by atoms with Crippen LogP contribution in [0.5, 0.6) is 5.75 Å². The number of benzene rings is 1. The quantitative estimate of drug-likeness (QED) is 0.678. The molecule has 2 amide bonds. The average Bonchev–Trinajstić information content (AvgIpc) is 2.74. The molecular weight excluding hydrogens is 398 g/mol. The normalized spacial score (nSPS) is 20.6. The Labute approximate surface area is 180 Å². The molecule has 164 valence electrons. The number of aromatic amines is 1. The van der Waals surface area contributed by atoms with Crippen molar-refractivity contribution in [1.82, 2.24) is 9.97 Å². The molecule has 1 fully saturated rings. The Morgan fingerprint density at radius 3 is 2.87 bits per heavy atom. The van der Waals surface area contributed by atoms with E-state index in [2.05, 4.69) is 27.5 Å². The number of rotatable bonds is 5. The summed E-state index contributed by atoms with van der Waals surface area (Å²) in [4.78, 5) is 47.8. The number of aromatic nitrogens is 2. The van der Waals surface area contributed by atoms with Crippen LogP contribution in [-0.2, 0) is 9.59 Å². The molecule has 2 atom stereocenters. The smallest absolute Gasteiger partial charge is 0.258 e. The van der Waals surface area contributed by atoms with Gasteiger partial charge in [0.25, 0.3) is 5.56 Å². The second-order valence-electron chi connectivity index (χ2n) is 7.91. The van der Waals surface area contributed by atoms with E-state index in [1.807, 2.05) is 17.9 Å².